The van der Waals surface area contributed by atoms with E-state index in [2.05, 4.69) is 22.0 Å². The lowest BCUT2D eigenvalue weighted by Crippen LogP contribution is -2.33. The minimum absolute atomic E-state index is 0.224. The van der Waals surface area contributed by atoms with Crippen LogP contribution in [0.4, 0.5) is 0 Å². The van der Waals surface area contributed by atoms with Crippen LogP contribution in [-0.2, 0) is 16.1 Å². The van der Waals surface area contributed by atoms with Crippen LogP contribution in [0.3, 0.4) is 0 Å². The number of halogens is 1. The lowest BCUT2D eigenvalue weighted by molar-refractivity contribution is -0.132. The number of alkyl halides is 1. The van der Waals surface area contributed by atoms with Crippen LogP contribution in [0.15, 0.2) is 17.5 Å². The molecule has 3 nitrogen and oxygen atoms in total. The van der Waals surface area contributed by atoms with E-state index in [0.717, 1.165) is 18.2 Å². The fraction of sp³-hybridized carbons (Fsp3) is 0.615. The Kier molecular flexibility index (Phi) is 8.29. The molecule has 1 heterocycles. The van der Waals surface area contributed by atoms with Gasteiger partial charge in [-0.3, -0.25) is 4.79 Å². The summed E-state index contributed by atoms with van der Waals surface area (Å²) in [5.74, 6) is 0.224. The Bertz CT molecular complexity index is 330. The SMILES string of the molecule is COCCN(Cc1cccs1)C(=O)CCCCBr. The molecular weight excluding hydrogens is 314 g/mol. The zero-order chi connectivity index (χ0) is 13.2. The molecule has 1 aromatic rings. The Morgan fingerprint density at radius 2 is 2.33 bits per heavy atom. The number of carbonyl (C=O) groups is 1. The minimum Gasteiger partial charge on any atom is -0.383 e. The average Bonchev–Trinajstić information content (AvgIpc) is 2.87. The Morgan fingerprint density at radius 1 is 1.50 bits per heavy atom. The second-order valence-electron chi connectivity index (χ2n) is 4.03. The van der Waals surface area contributed by atoms with Gasteiger partial charge >= 0.3 is 0 Å². The highest BCUT2D eigenvalue weighted by Gasteiger charge is 2.13. The number of amides is 1. The van der Waals surface area contributed by atoms with Crippen molar-refractivity contribution in [2.75, 3.05) is 25.6 Å². The third-order valence-electron chi connectivity index (χ3n) is 2.62. The van der Waals surface area contributed by atoms with Crippen LogP contribution < -0.4 is 0 Å². The number of thiophene rings is 1. The van der Waals surface area contributed by atoms with Crippen LogP contribution in [0.1, 0.15) is 24.1 Å². The summed E-state index contributed by atoms with van der Waals surface area (Å²) >= 11 is 5.07. The second-order valence-corrected chi connectivity index (χ2v) is 5.86. The van der Waals surface area contributed by atoms with Gasteiger partial charge in [-0.15, -0.1) is 11.3 Å². The van der Waals surface area contributed by atoms with Gasteiger partial charge in [0, 0.05) is 30.3 Å². The molecule has 0 saturated heterocycles. The molecular formula is C13H20BrNO2S. The van der Waals surface area contributed by atoms with E-state index >= 15 is 0 Å². The van der Waals surface area contributed by atoms with Gasteiger partial charge in [-0.1, -0.05) is 22.0 Å². The summed E-state index contributed by atoms with van der Waals surface area (Å²) in [6.45, 7) is 1.96. The third-order valence-corrected chi connectivity index (χ3v) is 4.04. The fourth-order valence-electron chi connectivity index (χ4n) is 1.61. The Labute approximate surface area is 121 Å². The normalized spacial score (nSPS) is 10.6. The molecule has 1 rings (SSSR count). The van der Waals surface area contributed by atoms with Crippen molar-refractivity contribution in [2.24, 2.45) is 0 Å². The van der Waals surface area contributed by atoms with Gasteiger partial charge in [-0.25, -0.2) is 0 Å². The molecule has 1 amide bonds. The smallest absolute Gasteiger partial charge is 0.222 e. The maximum absolute atomic E-state index is 12.1. The molecule has 0 aliphatic carbocycles. The number of rotatable bonds is 9. The molecule has 0 N–H and O–H groups in total. The van der Waals surface area contributed by atoms with Crippen molar-refractivity contribution in [1.29, 1.82) is 0 Å². The number of hydrogen-bond acceptors (Lipinski definition) is 3. The number of nitrogens with zero attached hydrogens (tertiary/aromatic N) is 1. The first-order valence-corrected chi connectivity index (χ1v) is 8.13. The van der Waals surface area contributed by atoms with Crippen molar-refractivity contribution in [3.05, 3.63) is 22.4 Å². The molecule has 0 saturated carbocycles. The zero-order valence-corrected chi connectivity index (χ0v) is 13.1. The summed E-state index contributed by atoms with van der Waals surface area (Å²) in [5, 5.41) is 3.00. The first-order valence-electron chi connectivity index (χ1n) is 6.13. The summed E-state index contributed by atoms with van der Waals surface area (Å²) in [5.41, 5.74) is 0. The van der Waals surface area contributed by atoms with Crippen molar-refractivity contribution in [2.45, 2.75) is 25.8 Å². The molecule has 0 spiro atoms. The molecule has 0 atom stereocenters. The highest BCUT2D eigenvalue weighted by atomic mass is 79.9. The van der Waals surface area contributed by atoms with Crippen LogP contribution in [0, 0.1) is 0 Å². The Morgan fingerprint density at radius 3 is 2.94 bits per heavy atom. The van der Waals surface area contributed by atoms with E-state index in [-0.39, 0.29) is 5.91 Å². The molecule has 0 aliphatic rings. The Balaban J connectivity index is 2.45. The van der Waals surface area contributed by atoms with Crippen LogP contribution >= 0.6 is 27.3 Å². The summed E-state index contributed by atoms with van der Waals surface area (Å²) in [7, 11) is 1.67. The predicted octanol–water partition coefficient (Wildman–Crippen LogP) is 3.29. The predicted molar refractivity (Wildman–Crippen MR) is 79.3 cm³/mol. The first kappa shape index (κ1) is 15.7. The van der Waals surface area contributed by atoms with Crippen LogP contribution in [0.25, 0.3) is 0 Å². The number of carbonyl (C=O) groups excluding carboxylic acids is 1. The van der Waals surface area contributed by atoms with Crippen LogP contribution in [0.5, 0.6) is 0 Å². The largest absolute Gasteiger partial charge is 0.383 e. The average molecular weight is 334 g/mol. The molecule has 0 unspecified atom stereocenters. The number of unbranched alkanes of at least 4 members (excludes halogenated alkanes) is 1. The standard InChI is InChI=1S/C13H20BrNO2S/c1-17-9-8-15(11-12-5-4-10-18-12)13(16)6-2-3-7-14/h4-5,10H,2-3,6-9,11H2,1H3. The third kappa shape index (κ3) is 5.98. The monoisotopic (exact) mass is 333 g/mol. The van der Waals surface area contributed by atoms with E-state index in [1.165, 1.54) is 4.88 Å². The van der Waals surface area contributed by atoms with Gasteiger partial charge in [-0.05, 0) is 24.3 Å². The van der Waals surface area contributed by atoms with Gasteiger partial charge in [0.15, 0.2) is 0 Å². The maximum Gasteiger partial charge on any atom is 0.222 e. The lowest BCUT2D eigenvalue weighted by Gasteiger charge is -2.21. The molecule has 18 heavy (non-hydrogen) atoms. The molecule has 0 radical (unpaired) electrons. The summed E-state index contributed by atoms with van der Waals surface area (Å²) in [6.07, 6.45) is 2.61. The van der Waals surface area contributed by atoms with E-state index < -0.39 is 0 Å². The number of hydrogen-bond donors (Lipinski definition) is 0. The summed E-state index contributed by atoms with van der Waals surface area (Å²) in [4.78, 5) is 15.2. The van der Waals surface area contributed by atoms with E-state index in [1.807, 2.05) is 16.3 Å². The van der Waals surface area contributed by atoms with Crippen LogP contribution in [0.2, 0.25) is 0 Å². The van der Waals surface area contributed by atoms with E-state index in [1.54, 1.807) is 18.4 Å². The highest BCUT2D eigenvalue weighted by Crippen LogP contribution is 2.13. The van der Waals surface area contributed by atoms with Crippen molar-refractivity contribution < 1.29 is 9.53 Å². The molecule has 0 bridgehead atoms. The first-order chi connectivity index (χ1) is 8.77. The van der Waals surface area contributed by atoms with Gasteiger partial charge in [-0.2, -0.15) is 0 Å². The molecule has 1 aromatic heterocycles. The molecule has 0 fully saturated rings. The Hall–Kier alpha value is -0.390. The van der Waals surface area contributed by atoms with Crippen molar-refractivity contribution in [3.8, 4) is 0 Å². The highest BCUT2D eigenvalue weighted by molar-refractivity contribution is 9.09. The van der Waals surface area contributed by atoms with E-state index in [4.69, 9.17) is 4.74 Å². The number of methoxy groups -OCH3 is 1. The molecule has 0 aliphatic heterocycles. The van der Waals surface area contributed by atoms with Crippen molar-refractivity contribution >= 4 is 33.2 Å². The summed E-state index contributed by atoms with van der Waals surface area (Å²) < 4.78 is 5.07. The van der Waals surface area contributed by atoms with Gasteiger partial charge < -0.3 is 9.64 Å². The number of ether oxygens (including phenoxy) is 1. The quantitative estimate of drug-likeness (QED) is 0.512. The van der Waals surface area contributed by atoms with Crippen molar-refractivity contribution in [1.82, 2.24) is 4.90 Å². The van der Waals surface area contributed by atoms with Gasteiger partial charge in [0.1, 0.15) is 0 Å². The van der Waals surface area contributed by atoms with E-state index in [9.17, 15) is 4.79 Å². The molecule has 5 heteroatoms. The van der Waals surface area contributed by atoms with Gasteiger partial charge in [0.25, 0.3) is 0 Å². The second kappa shape index (κ2) is 9.53. The van der Waals surface area contributed by atoms with Gasteiger partial charge in [0.2, 0.25) is 5.91 Å². The topological polar surface area (TPSA) is 29.5 Å². The molecule has 102 valence electrons. The fourth-order valence-corrected chi connectivity index (χ4v) is 2.73. The minimum atomic E-state index is 0.224. The lowest BCUT2D eigenvalue weighted by atomic mass is 10.2. The van der Waals surface area contributed by atoms with Crippen LogP contribution in [-0.4, -0.2) is 36.4 Å². The summed E-state index contributed by atoms with van der Waals surface area (Å²) in [6, 6.07) is 4.08. The van der Waals surface area contributed by atoms with Gasteiger partial charge in [0.05, 0.1) is 13.2 Å². The van der Waals surface area contributed by atoms with E-state index in [0.29, 0.717) is 26.1 Å². The van der Waals surface area contributed by atoms with Crippen molar-refractivity contribution in [3.63, 3.8) is 0 Å². The zero-order valence-electron chi connectivity index (χ0n) is 10.7. The maximum atomic E-state index is 12.1. The molecule has 0 aromatic carbocycles.